The number of anilines is 3. The predicted molar refractivity (Wildman–Crippen MR) is 84.8 cm³/mol. The Bertz CT molecular complexity index is 661. The highest BCUT2D eigenvalue weighted by Gasteiger charge is 2.10. The largest absolute Gasteiger partial charge is 0.504 e. The molecule has 5 N–H and O–H groups in total. The van der Waals surface area contributed by atoms with Crippen molar-refractivity contribution in [1.29, 1.82) is 0 Å². The summed E-state index contributed by atoms with van der Waals surface area (Å²) >= 11 is 0. The molecule has 0 atom stereocenters. The third-order valence-electron chi connectivity index (χ3n) is 2.97. The molecule has 0 unspecified atom stereocenters. The van der Waals surface area contributed by atoms with E-state index in [0.29, 0.717) is 5.69 Å². The molecule has 2 amide bonds. The Morgan fingerprint density at radius 1 is 0.909 bits per heavy atom. The number of hydrogen-bond acceptors (Lipinski definition) is 5. The van der Waals surface area contributed by atoms with E-state index in [4.69, 9.17) is 0 Å². The normalized spacial score (nSPS) is 10.1. The lowest BCUT2D eigenvalue weighted by atomic mass is 10.2. The fourth-order valence-electron chi connectivity index (χ4n) is 1.81. The first kappa shape index (κ1) is 15.3. The Morgan fingerprint density at radius 2 is 1.41 bits per heavy atom. The zero-order valence-electron chi connectivity index (χ0n) is 12.2. The van der Waals surface area contributed by atoms with Gasteiger partial charge in [-0.15, -0.1) is 0 Å². The van der Waals surface area contributed by atoms with E-state index >= 15 is 0 Å². The number of carbonyl (C=O) groups excluding carboxylic acids is 1. The number of nitrogens with one attached hydrogen (secondary N) is 2. The Balaban J connectivity index is 2.04. The molecule has 2 aromatic rings. The molecule has 0 bridgehead atoms. The number of phenols is 3. The van der Waals surface area contributed by atoms with Crippen molar-refractivity contribution in [2.45, 2.75) is 0 Å². The van der Waals surface area contributed by atoms with Gasteiger partial charge in [-0.25, -0.2) is 4.79 Å². The molecule has 0 aliphatic carbocycles. The average Bonchev–Trinajstić information content (AvgIpc) is 2.45. The summed E-state index contributed by atoms with van der Waals surface area (Å²) in [6.07, 6.45) is 0. The lowest BCUT2D eigenvalue weighted by Gasteiger charge is -2.13. The second kappa shape index (κ2) is 6.13. The topological polar surface area (TPSA) is 105 Å². The minimum absolute atomic E-state index is 0.148. The van der Waals surface area contributed by atoms with E-state index in [-0.39, 0.29) is 5.69 Å². The Kier molecular flexibility index (Phi) is 4.26. The minimum atomic E-state index is -0.634. The Morgan fingerprint density at radius 3 is 1.91 bits per heavy atom. The van der Waals surface area contributed by atoms with Gasteiger partial charge in [-0.05, 0) is 24.3 Å². The maximum atomic E-state index is 11.8. The van der Waals surface area contributed by atoms with Crippen LogP contribution in [0, 0.1) is 0 Å². The summed E-state index contributed by atoms with van der Waals surface area (Å²) in [5, 5.41) is 33.1. The number of carbonyl (C=O) groups is 1. The molecule has 2 rings (SSSR count). The molecule has 0 spiro atoms. The number of phenolic OH excluding ortho intramolecular Hbond substituents is 3. The molecule has 0 saturated heterocycles. The van der Waals surface area contributed by atoms with E-state index in [0.717, 1.165) is 17.8 Å². The summed E-state index contributed by atoms with van der Waals surface area (Å²) in [6.45, 7) is 0. The van der Waals surface area contributed by atoms with Crippen molar-refractivity contribution >= 4 is 23.1 Å². The third kappa shape index (κ3) is 3.51. The number of aromatic hydroxyl groups is 3. The molecule has 22 heavy (non-hydrogen) atoms. The van der Waals surface area contributed by atoms with Crippen LogP contribution in [-0.4, -0.2) is 35.4 Å². The van der Waals surface area contributed by atoms with Gasteiger partial charge in [0, 0.05) is 37.6 Å². The molecule has 0 fully saturated rings. The number of urea groups is 1. The fourth-order valence-corrected chi connectivity index (χ4v) is 1.81. The molecular weight excluding hydrogens is 286 g/mol. The monoisotopic (exact) mass is 303 g/mol. The van der Waals surface area contributed by atoms with Gasteiger partial charge in [0.25, 0.3) is 0 Å². The lowest BCUT2D eigenvalue weighted by molar-refractivity contribution is 0.262. The average molecular weight is 303 g/mol. The second-order valence-electron chi connectivity index (χ2n) is 4.88. The molecule has 0 radical (unpaired) electrons. The minimum Gasteiger partial charge on any atom is -0.504 e. The summed E-state index contributed by atoms with van der Waals surface area (Å²) < 4.78 is 0. The van der Waals surface area contributed by atoms with Crippen molar-refractivity contribution in [2.75, 3.05) is 29.6 Å². The zero-order valence-corrected chi connectivity index (χ0v) is 12.2. The zero-order chi connectivity index (χ0) is 16.3. The van der Waals surface area contributed by atoms with Crippen molar-refractivity contribution < 1.29 is 20.1 Å². The molecule has 2 aromatic carbocycles. The molecular formula is C15H17N3O4. The summed E-state index contributed by atoms with van der Waals surface area (Å²) in [7, 11) is 3.83. The first-order chi connectivity index (χ1) is 10.4. The van der Waals surface area contributed by atoms with Gasteiger partial charge in [-0.3, -0.25) is 0 Å². The number of rotatable bonds is 3. The van der Waals surface area contributed by atoms with Gasteiger partial charge >= 0.3 is 6.03 Å². The maximum absolute atomic E-state index is 11.8. The SMILES string of the molecule is CN(C)c1ccc(NC(=O)Nc2cc(O)c(O)c(O)c2)cc1. The van der Waals surface area contributed by atoms with Crippen LogP contribution < -0.4 is 15.5 Å². The molecule has 116 valence electrons. The van der Waals surface area contributed by atoms with Gasteiger partial charge in [0.15, 0.2) is 17.2 Å². The second-order valence-corrected chi connectivity index (χ2v) is 4.88. The quantitative estimate of drug-likeness (QED) is 0.442. The Labute approximate surface area is 127 Å². The third-order valence-corrected chi connectivity index (χ3v) is 2.97. The van der Waals surface area contributed by atoms with Gasteiger partial charge in [0.1, 0.15) is 0 Å². The molecule has 0 aromatic heterocycles. The van der Waals surface area contributed by atoms with Gasteiger partial charge in [0.2, 0.25) is 0 Å². The van der Waals surface area contributed by atoms with Gasteiger partial charge in [-0.1, -0.05) is 0 Å². The first-order valence-electron chi connectivity index (χ1n) is 6.47. The molecule has 0 aliphatic heterocycles. The maximum Gasteiger partial charge on any atom is 0.323 e. The number of nitrogens with zero attached hydrogens (tertiary/aromatic N) is 1. The summed E-state index contributed by atoms with van der Waals surface area (Å²) in [6, 6.07) is 8.93. The molecule has 0 saturated carbocycles. The highest BCUT2D eigenvalue weighted by molar-refractivity contribution is 6.00. The number of amides is 2. The van der Waals surface area contributed by atoms with Gasteiger partial charge in [0.05, 0.1) is 5.69 Å². The van der Waals surface area contributed by atoms with Gasteiger partial charge < -0.3 is 30.9 Å². The van der Waals surface area contributed by atoms with Crippen LogP contribution in [0.3, 0.4) is 0 Å². The van der Waals surface area contributed by atoms with E-state index in [1.54, 1.807) is 12.1 Å². The van der Waals surface area contributed by atoms with Crippen LogP contribution in [0.2, 0.25) is 0 Å². The van der Waals surface area contributed by atoms with E-state index in [1.807, 2.05) is 31.1 Å². The van der Waals surface area contributed by atoms with Crippen LogP contribution in [0.5, 0.6) is 17.2 Å². The molecule has 7 nitrogen and oxygen atoms in total. The van der Waals surface area contributed by atoms with Crippen molar-refractivity contribution in [3.8, 4) is 17.2 Å². The number of hydrogen-bond donors (Lipinski definition) is 5. The van der Waals surface area contributed by atoms with Crippen LogP contribution in [0.1, 0.15) is 0 Å². The van der Waals surface area contributed by atoms with Crippen LogP contribution in [0.15, 0.2) is 36.4 Å². The van der Waals surface area contributed by atoms with Crippen LogP contribution in [0.25, 0.3) is 0 Å². The van der Waals surface area contributed by atoms with Crippen LogP contribution in [-0.2, 0) is 0 Å². The van der Waals surface area contributed by atoms with E-state index in [2.05, 4.69) is 10.6 Å². The van der Waals surface area contributed by atoms with Gasteiger partial charge in [-0.2, -0.15) is 0 Å². The molecule has 0 aliphatic rings. The van der Waals surface area contributed by atoms with Crippen molar-refractivity contribution in [2.24, 2.45) is 0 Å². The summed E-state index contributed by atoms with van der Waals surface area (Å²) in [5.41, 5.74) is 1.74. The lowest BCUT2D eigenvalue weighted by Crippen LogP contribution is -2.19. The fraction of sp³-hybridized carbons (Fsp3) is 0.133. The highest BCUT2D eigenvalue weighted by Crippen LogP contribution is 2.37. The van der Waals surface area contributed by atoms with Crippen molar-refractivity contribution in [1.82, 2.24) is 0 Å². The highest BCUT2D eigenvalue weighted by atomic mass is 16.3. The van der Waals surface area contributed by atoms with Crippen molar-refractivity contribution in [3.05, 3.63) is 36.4 Å². The summed E-state index contributed by atoms with van der Waals surface area (Å²) in [4.78, 5) is 13.8. The Hall–Kier alpha value is -3.09. The predicted octanol–water partition coefficient (Wildman–Crippen LogP) is 2.51. The smallest absolute Gasteiger partial charge is 0.323 e. The standard InChI is InChI=1S/C15H17N3O4/c1-18(2)11-5-3-9(4-6-11)16-15(22)17-10-7-12(19)14(21)13(20)8-10/h3-8,19-21H,1-2H3,(H2,16,17,22). The van der Waals surface area contributed by atoms with E-state index in [1.165, 1.54) is 0 Å². The van der Waals surface area contributed by atoms with Crippen LogP contribution in [0.4, 0.5) is 21.9 Å². The van der Waals surface area contributed by atoms with Crippen molar-refractivity contribution in [3.63, 3.8) is 0 Å². The first-order valence-corrected chi connectivity index (χ1v) is 6.47. The van der Waals surface area contributed by atoms with E-state index < -0.39 is 23.3 Å². The molecule has 0 heterocycles. The van der Waals surface area contributed by atoms with Crippen LogP contribution >= 0.6 is 0 Å². The molecule has 7 heteroatoms. The van der Waals surface area contributed by atoms with E-state index in [9.17, 15) is 20.1 Å². The summed E-state index contributed by atoms with van der Waals surface area (Å²) in [5.74, 6) is -1.68. The number of benzene rings is 2.